The molecule has 0 spiro atoms. The average molecular weight is 244 g/mol. The molecule has 96 valence electrons. The number of nitrogens with two attached hydrogens (primary N) is 1. The van der Waals surface area contributed by atoms with E-state index in [9.17, 15) is 0 Å². The lowest BCUT2D eigenvalue weighted by molar-refractivity contribution is 0.715. The molecule has 1 aromatic heterocycles. The lowest BCUT2D eigenvalue weighted by atomic mass is 10.1. The summed E-state index contributed by atoms with van der Waals surface area (Å²) in [4.78, 5) is 6.66. The lowest BCUT2D eigenvalue weighted by Gasteiger charge is -2.23. The predicted molar refractivity (Wildman–Crippen MR) is 75.4 cm³/mol. The van der Waals surface area contributed by atoms with Crippen LogP contribution in [0.2, 0.25) is 0 Å². The van der Waals surface area contributed by atoms with Gasteiger partial charge in [0.25, 0.3) is 0 Å². The SMILES string of the molecule is CCCN(Cc1ccccc1N)c1nccn1C. The minimum atomic E-state index is 0.797. The van der Waals surface area contributed by atoms with Crippen LogP contribution in [0.5, 0.6) is 0 Å². The van der Waals surface area contributed by atoms with Gasteiger partial charge in [0.15, 0.2) is 0 Å². The first-order valence-electron chi connectivity index (χ1n) is 6.28. The molecule has 1 aromatic carbocycles. The van der Waals surface area contributed by atoms with Crippen LogP contribution in [-0.2, 0) is 13.6 Å². The van der Waals surface area contributed by atoms with Crippen molar-refractivity contribution in [2.45, 2.75) is 19.9 Å². The molecular weight excluding hydrogens is 224 g/mol. The predicted octanol–water partition coefficient (Wildman–Crippen LogP) is 2.42. The van der Waals surface area contributed by atoms with Crippen LogP contribution in [-0.4, -0.2) is 16.1 Å². The number of anilines is 2. The molecule has 0 amide bonds. The molecule has 0 fully saturated rings. The first kappa shape index (κ1) is 12.5. The summed E-state index contributed by atoms with van der Waals surface area (Å²) < 4.78 is 2.04. The molecule has 0 unspecified atom stereocenters. The van der Waals surface area contributed by atoms with Crippen LogP contribution in [0.3, 0.4) is 0 Å². The summed E-state index contributed by atoms with van der Waals surface area (Å²) in [7, 11) is 2.01. The number of imidazole rings is 1. The molecule has 4 heteroatoms. The molecule has 4 nitrogen and oxygen atoms in total. The standard InChI is InChI=1S/C14H20N4/c1-3-9-18(14-16-8-10-17(14)2)11-12-6-4-5-7-13(12)15/h4-8,10H,3,9,11,15H2,1-2H3. The van der Waals surface area contributed by atoms with Crippen molar-refractivity contribution in [3.05, 3.63) is 42.2 Å². The highest BCUT2D eigenvalue weighted by atomic mass is 15.3. The molecule has 18 heavy (non-hydrogen) atoms. The fourth-order valence-corrected chi connectivity index (χ4v) is 2.07. The minimum Gasteiger partial charge on any atom is -0.398 e. The fraction of sp³-hybridized carbons (Fsp3) is 0.357. The molecule has 2 aromatic rings. The molecule has 0 saturated heterocycles. The zero-order valence-electron chi connectivity index (χ0n) is 11.0. The van der Waals surface area contributed by atoms with Gasteiger partial charge in [0.05, 0.1) is 0 Å². The van der Waals surface area contributed by atoms with Crippen molar-refractivity contribution < 1.29 is 0 Å². The minimum absolute atomic E-state index is 0.797. The van der Waals surface area contributed by atoms with Gasteiger partial charge in [-0.15, -0.1) is 0 Å². The maximum atomic E-state index is 6.00. The van der Waals surface area contributed by atoms with E-state index in [1.165, 1.54) is 0 Å². The van der Waals surface area contributed by atoms with Crippen molar-refractivity contribution in [1.29, 1.82) is 0 Å². The normalized spacial score (nSPS) is 10.6. The second-order valence-electron chi connectivity index (χ2n) is 4.46. The van der Waals surface area contributed by atoms with E-state index < -0.39 is 0 Å². The Kier molecular flexibility index (Phi) is 3.87. The highest BCUT2D eigenvalue weighted by Gasteiger charge is 2.11. The lowest BCUT2D eigenvalue weighted by Crippen LogP contribution is -2.26. The molecule has 0 radical (unpaired) electrons. The van der Waals surface area contributed by atoms with Crippen molar-refractivity contribution in [3.63, 3.8) is 0 Å². The second-order valence-corrected chi connectivity index (χ2v) is 4.46. The Labute approximate surface area is 108 Å². The van der Waals surface area contributed by atoms with Crippen molar-refractivity contribution in [1.82, 2.24) is 9.55 Å². The highest BCUT2D eigenvalue weighted by molar-refractivity contribution is 5.48. The molecule has 0 atom stereocenters. The van der Waals surface area contributed by atoms with Gasteiger partial charge in [0.1, 0.15) is 0 Å². The van der Waals surface area contributed by atoms with Gasteiger partial charge in [-0.2, -0.15) is 0 Å². The molecule has 0 aliphatic carbocycles. The van der Waals surface area contributed by atoms with E-state index in [1.807, 2.05) is 42.2 Å². The molecule has 0 aliphatic heterocycles. The first-order chi connectivity index (χ1) is 8.72. The first-order valence-corrected chi connectivity index (χ1v) is 6.28. The summed E-state index contributed by atoms with van der Waals surface area (Å²) in [5, 5.41) is 0. The highest BCUT2D eigenvalue weighted by Crippen LogP contribution is 2.18. The molecular formula is C14H20N4. The van der Waals surface area contributed by atoms with Gasteiger partial charge in [-0.3, -0.25) is 0 Å². The molecule has 1 heterocycles. The van der Waals surface area contributed by atoms with Crippen molar-refractivity contribution in [2.24, 2.45) is 7.05 Å². The maximum absolute atomic E-state index is 6.00. The second kappa shape index (κ2) is 5.58. The van der Waals surface area contributed by atoms with Crippen LogP contribution < -0.4 is 10.6 Å². The molecule has 2 rings (SSSR count). The Balaban J connectivity index is 2.22. The van der Waals surface area contributed by atoms with Crippen LogP contribution >= 0.6 is 0 Å². The smallest absolute Gasteiger partial charge is 0.205 e. The quantitative estimate of drug-likeness (QED) is 0.822. The average Bonchev–Trinajstić information content (AvgIpc) is 2.78. The number of hydrogen-bond acceptors (Lipinski definition) is 3. The summed E-state index contributed by atoms with van der Waals surface area (Å²) in [5.41, 5.74) is 7.99. The molecule has 0 aliphatic rings. The summed E-state index contributed by atoms with van der Waals surface area (Å²) in [6.07, 6.45) is 4.87. The Morgan fingerprint density at radius 1 is 1.33 bits per heavy atom. The van der Waals surface area contributed by atoms with E-state index in [4.69, 9.17) is 5.73 Å². The molecule has 0 saturated carbocycles. The Hall–Kier alpha value is -1.97. The maximum Gasteiger partial charge on any atom is 0.205 e. The van der Waals surface area contributed by atoms with Crippen molar-refractivity contribution in [2.75, 3.05) is 17.2 Å². The summed E-state index contributed by atoms with van der Waals surface area (Å²) >= 11 is 0. The Morgan fingerprint density at radius 2 is 2.11 bits per heavy atom. The van der Waals surface area contributed by atoms with E-state index in [0.29, 0.717) is 0 Å². The topological polar surface area (TPSA) is 47.1 Å². The molecule has 2 N–H and O–H groups in total. The third kappa shape index (κ3) is 2.64. The van der Waals surface area contributed by atoms with Crippen LogP contribution in [0, 0.1) is 0 Å². The zero-order chi connectivity index (χ0) is 13.0. The van der Waals surface area contributed by atoms with E-state index in [1.54, 1.807) is 0 Å². The number of aryl methyl sites for hydroxylation is 1. The number of nitrogen functional groups attached to an aromatic ring is 1. The van der Waals surface area contributed by atoms with Gasteiger partial charge >= 0.3 is 0 Å². The number of aromatic nitrogens is 2. The van der Waals surface area contributed by atoms with Crippen LogP contribution in [0.25, 0.3) is 0 Å². The van der Waals surface area contributed by atoms with Gasteiger partial charge in [-0.1, -0.05) is 25.1 Å². The van der Waals surface area contributed by atoms with Crippen LogP contribution in [0.1, 0.15) is 18.9 Å². The van der Waals surface area contributed by atoms with E-state index in [0.717, 1.165) is 36.7 Å². The van der Waals surface area contributed by atoms with E-state index >= 15 is 0 Å². The Bertz CT molecular complexity index is 504. The van der Waals surface area contributed by atoms with Crippen molar-refractivity contribution in [3.8, 4) is 0 Å². The largest absolute Gasteiger partial charge is 0.398 e. The van der Waals surface area contributed by atoms with Gasteiger partial charge in [0, 0.05) is 38.2 Å². The third-order valence-electron chi connectivity index (χ3n) is 2.99. The number of nitrogens with zero attached hydrogens (tertiary/aromatic N) is 3. The monoisotopic (exact) mass is 244 g/mol. The van der Waals surface area contributed by atoms with Crippen LogP contribution in [0.15, 0.2) is 36.7 Å². The fourth-order valence-electron chi connectivity index (χ4n) is 2.07. The van der Waals surface area contributed by atoms with E-state index in [-0.39, 0.29) is 0 Å². The van der Waals surface area contributed by atoms with Gasteiger partial charge in [-0.25, -0.2) is 4.98 Å². The summed E-state index contributed by atoms with van der Waals surface area (Å²) in [5.74, 6) is 0.986. The van der Waals surface area contributed by atoms with Gasteiger partial charge in [0.2, 0.25) is 5.95 Å². The van der Waals surface area contributed by atoms with E-state index in [2.05, 4.69) is 22.9 Å². The number of benzene rings is 1. The Morgan fingerprint density at radius 3 is 2.72 bits per heavy atom. The van der Waals surface area contributed by atoms with Crippen LogP contribution in [0.4, 0.5) is 11.6 Å². The van der Waals surface area contributed by atoms with Gasteiger partial charge < -0.3 is 15.2 Å². The summed E-state index contributed by atoms with van der Waals surface area (Å²) in [6, 6.07) is 8.00. The molecule has 0 bridgehead atoms. The van der Waals surface area contributed by atoms with Gasteiger partial charge in [-0.05, 0) is 18.1 Å². The number of rotatable bonds is 5. The number of para-hydroxylation sites is 1. The van der Waals surface area contributed by atoms with Crippen molar-refractivity contribution >= 4 is 11.6 Å². The number of hydrogen-bond donors (Lipinski definition) is 1. The summed E-state index contributed by atoms with van der Waals surface area (Å²) in [6.45, 7) is 3.94. The third-order valence-corrected chi connectivity index (χ3v) is 2.99. The zero-order valence-corrected chi connectivity index (χ0v) is 11.0.